The van der Waals surface area contributed by atoms with E-state index in [2.05, 4.69) is 17.1 Å². The minimum Gasteiger partial charge on any atom is -0.349 e. The van der Waals surface area contributed by atoms with Gasteiger partial charge in [-0.15, -0.1) is 0 Å². The number of carbonyl (C=O) groups excluding carboxylic acids is 1. The number of likely N-dealkylation sites (tertiary alicyclic amines) is 1. The van der Waals surface area contributed by atoms with E-state index in [-0.39, 0.29) is 11.6 Å². The number of amides is 1. The Balaban J connectivity index is 1.91. The zero-order valence-electron chi connectivity index (χ0n) is 11.7. The average molecular weight is 282 g/mol. The van der Waals surface area contributed by atoms with Crippen molar-refractivity contribution in [3.8, 4) is 0 Å². The van der Waals surface area contributed by atoms with Gasteiger partial charge in [-0.05, 0) is 37.9 Å². The monoisotopic (exact) mass is 282 g/mol. The van der Waals surface area contributed by atoms with Crippen LogP contribution in [0.1, 0.15) is 36.5 Å². The molecular weight excluding hydrogens is 262 g/mol. The molecule has 1 saturated heterocycles. The molecule has 20 heavy (non-hydrogen) atoms. The second-order valence-corrected chi connectivity index (χ2v) is 5.19. The normalized spacial score (nSPS) is 17.1. The molecule has 0 saturated carbocycles. The summed E-state index contributed by atoms with van der Waals surface area (Å²) in [6.45, 7) is 5.08. The van der Waals surface area contributed by atoms with Crippen molar-refractivity contribution in [2.45, 2.75) is 32.2 Å². The lowest BCUT2D eigenvalue weighted by molar-refractivity contribution is 0.0906. The highest BCUT2D eigenvalue weighted by Gasteiger charge is 2.22. The molecule has 0 aliphatic carbocycles. The molecule has 0 unspecified atom stereocenters. The maximum Gasteiger partial charge on any atom is 0.254 e. The highest BCUT2D eigenvalue weighted by atomic mass is 19.2. The SMILES string of the molecule is CCCN1CCC(NC(=O)c2cccc(F)c2F)CC1. The van der Waals surface area contributed by atoms with Gasteiger partial charge in [-0.25, -0.2) is 8.78 Å². The van der Waals surface area contributed by atoms with E-state index in [4.69, 9.17) is 0 Å². The Labute approximate surface area is 118 Å². The van der Waals surface area contributed by atoms with Crippen molar-refractivity contribution in [2.75, 3.05) is 19.6 Å². The van der Waals surface area contributed by atoms with Gasteiger partial charge in [0, 0.05) is 19.1 Å². The van der Waals surface area contributed by atoms with E-state index in [1.807, 2.05) is 0 Å². The van der Waals surface area contributed by atoms with Crippen LogP contribution in [0.3, 0.4) is 0 Å². The molecule has 0 atom stereocenters. The molecule has 0 radical (unpaired) electrons. The molecule has 1 aromatic carbocycles. The summed E-state index contributed by atoms with van der Waals surface area (Å²) in [5.41, 5.74) is -0.221. The Kier molecular flexibility index (Phi) is 5.06. The third kappa shape index (κ3) is 3.54. The number of halogens is 2. The minimum absolute atomic E-state index is 0.0401. The number of piperidine rings is 1. The van der Waals surface area contributed by atoms with Gasteiger partial charge in [0.15, 0.2) is 11.6 Å². The van der Waals surface area contributed by atoms with E-state index in [0.717, 1.165) is 45.0 Å². The number of benzene rings is 1. The fraction of sp³-hybridized carbons (Fsp3) is 0.533. The predicted octanol–water partition coefficient (Wildman–Crippen LogP) is 2.57. The first-order chi connectivity index (χ1) is 9.61. The van der Waals surface area contributed by atoms with E-state index >= 15 is 0 Å². The fourth-order valence-electron chi connectivity index (χ4n) is 2.56. The number of nitrogens with zero attached hydrogens (tertiary/aromatic N) is 1. The van der Waals surface area contributed by atoms with Crippen molar-refractivity contribution in [3.05, 3.63) is 35.4 Å². The lowest BCUT2D eigenvalue weighted by Crippen LogP contribution is -2.45. The molecule has 1 amide bonds. The number of rotatable bonds is 4. The first-order valence-electron chi connectivity index (χ1n) is 7.09. The molecule has 1 heterocycles. The smallest absolute Gasteiger partial charge is 0.254 e. The number of hydrogen-bond donors (Lipinski definition) is 1. The highest BCUT2D eigenvalue weighted by molar-refractivity contribution is 5.94. The number of hydrogen-bond acceptors (Lipinski definition) is 2. The molecule has 0 bridgehead atoms. The summed E-state index contributed by atoms with van der Waals surface area (Å²) in [5.74, 6) is -2.60. The summed E-state index contributed by atoms with van der Waals surface area (Å²) >= 11 is 0. The van der Waals surface area contributed by atoms with Crippen LogP contribution in [0, 0.1) is 11.6 Å². The molecule has 1 aliphatic rings. The van der Waals surface area contributed by atoms with E-state index in [1.54, 1.807) is 0 Å². The van der Waals surface area contributed by atoms with Gasteiger partial charge >= 0.3 is 0 Å². The summed E-state index contributed by atoms with van der Waals surface area (Å²) in [4.78, 5) is 14.3. The van der Waals surface area contributed by atoms with Gasteiger partial charge < -0.3 is 10.2 Å². The molecular formula is C15H20F2N2O. The van der Waals surface area contributed by atoms with Gasteiger partial charge in [0.1, 0.15) is 0 Å². The molecule has 0 aromatic heterocycles. The largest absolute Gasteiger partial charge is 0.349 e. The van der Waals surface area contributed by atoms with Gasteiger partial charge in [0.25, 0.3) is 5.91 Å². The zero-order valence-corrected chi connectivity index (χ0v) is 11.7. The number of nitrogens with one attached hydrogen (secondary N) is 1. The van der Waals surface area contributed by atoms with Crippen molar-refractivity contribution < 1.29 is 13.6 Å². The second kappa shape index (κ2) is 6.79. The Hall–Kier alpha value is -1.49. The van der Waals surface area contributed by atoms with E-state index in [0.29, 0.717) is 0 Å². The van der Waals surface area contributed by atoms with Crippen LogP contribution in [0.25, 0.3) is 0 Å². The highest BCUT2D eigenvalue weighted by Crippen LogP contribution is 2.14. The lowest BCUT2D eigenvalue weighted by atomic mass is 10.0. The molecule has 5 heteroatoms. The van der Waals surface area contributed by atoms with Crippen molar-refractivity contribution in [1.29, 1.82) is 0 Å². The third-order valence-electron chi connectivity index (χ3n) is 3.66. The van der Waals surface area contributed by atoms with Gasteiger partial charge in [-0.2, -0.15) is 0 Å². The Morgan fingerprint density at radius 2 is 2.05 bits per heavy atom. The molecule has 1 fully saturated rings. The first-order valence-corrected chi connectivity index (χ1v) is 7.09. The summed E-state index contributed by atoms with van der Waals surface area (Å²) < 4.78 is 26.6. The van der Waals surface area contributed by atoms with Crippen LogP contribution >= 0.6 is 0 Å². The molecule has 2 rings (SSSR count). The van der Waals surface area contributed by atoms with Crippen molar-refractivity contribution in [1.82, 2.24) is 10.2 Å². The molecule has 0 spiro atoms. The standard InChI is InChI=1S/C15H20F2N2O/c1-2-8-19-9-6-11(7-10-19)18-15(20)12-4-3-5-13(16)14(12)17/h3-5,11H,2,6-10H2,1H3,(H,18,20). The molecule has 1 aliphatic heterocycles. The summed E-state index contributed by atoms with van der Waals surface area (Å²) in [5, 5.41) is 2.79. The fourth-order valence-corrected chi connectivity index (χ4v) is 2.56. The zero-order chi connectivity index (χ0) is 14.5. The van der Waals surface area contributed by atoms with E-state index in [9.17, 15) is 13.6 Å². The van der Waals surface area contributed by atoms with E-state index < -0.39 is 17.5 Å². The van der Waals surface area contributed by atoms with Crippen LogP contribution < -0.4 is 5.32 Å². The quantitative estimate of drug-likeness (QED) is 0.920. The van der Waals surface area contributed by atoms with Crippen molar-refractivity contribution in [2.24, 2.45) is 0 Å². The maximum atomic E-state index is 13.5. The van der Waals surface area contributed by atoms with Crippen LogP contribution in [0.5, 0.6) is 0 Å². The summed E-state index contributed by atoms with van der Waals surface area (Å²) in [7, 11) is 0. The lowest BCUT2D eigenvalue weighted by Gasteiger charge is -2.32. The van der Waals surface area contributed by atoms with Gasteiger partial charge in [-0.3, -0.25) is 4.79 Å². The van der Waals surface area contributed by atoms with Crippen LogP contribution in [-0.2, 0) is 0 Å². The van der Waals surface area contributed by atoms with Gasteiger partial charge in [-0.1, -0.05) is 13.0 Å². The van der Waals surface area contributed by atoms with Crippen molar-refractivity contribution in [3.63, 3.8) is 0 Å². The van der Waals surface area contributed by atoms with Gasteiger partial charge in [0.05, 0.1) is 5.56 Å². The third-order valence-corrected chi connectivity index (χ3v) is 3.66. The Morgan fingerprint density at radius 3 is 2.70 bits per heavy atom. The molecule has 1 N–H and O–H groups in total. The molecule has 3 nitrogen and oxygen atoms in total. The second-order valence-electron chi connectivity index (χ2n) is 5.19. The van der Waals surface area contributed by atoms with Crippen LogP contribution in [0.2, 0.25) is 0 Å². The molecule has 110 valence electrons. The summed E-state index contributed by atoms with van der Waals surface area (Å²) in [6.07, 6.45) is 2.82. The number of carbonyl (C=O) groups is 1. The first kappa shape index (κ1) is 14.9. The van der Waals surface area contributed by atoms with Crippen LogP contribution in [-0.4, -0.2) is 36.5 Å². The minimum atomic E-state index is -1.08. The Morgan fingerprint density at radius 1 is 1.35 bits per heavy atom. The average Bonchev–Trinajstić information content (AvgIpc) is 2.44. The predicted molar refractivity (Wildman–Crippen MR) is 73.6 cm³/mol. The van der Waals surface area contributed by atoms with Crippen molar-refractivity contribution >= 4 is 5.91 Å². The molecule has 1 aromatic rings. The maximum absolute atomic E-state index is 13.5. The van der Waals surface area contributed by atoms with Crippen LogP contribution in [0.4, 0.5) is 8.78 Å². The van der Waals surface area contributed by atoms with E-state index in [1.165, 1.54) is 12.1 Å². The van der Waals surface area contributed by atoms with Gasteiger partial charge in [0.2, 0.25) is 0 Å². The summed E-state index contributed by atoms with van der Waals surface area (Å²) in [6, 6.07) is 3.70. The Bertz CT molecular complexity index is 471. The van der Waals surface area contributed by atoms with Crippen LogP contribution in [0.15, 0.2) is 18.2 Å². The topological polar surface area (TPSA) is 32.3 Å².